The maximum atomic E-state index is 13.1. The van der Waals surface area contributed by atoms with E-state index in [1.54, 1.807) is 0 Å². The first-order chi connectivity index (χ1) is 17.8. The van der Waals surface area contributed by atoms with E-state index in [1.807, 2.05) is 48.5 Å². The number of carbonyl (C=O) groups is 2. The Morgan fingerprint density at radius 1 is 0.842 bits per heavy atom. The minimum Gasteiger partial charge on any atom is -0.481 e. The van der Waals surface area contributed by atoms with Gasteiger partial charge in [-0.3, -0.25) is 4.79 Å². The van der Waals surface area contributed by atoms with Crippen molar-refractivity contribution in [2.24, 2.45) is 5.92 Å². The van der Waals surface area contributed by atoms with Crippen molar-refractivity contribution in [3.05, 3.63) is 94.5 Å². The second kappa shape index (κ2) is 10.4. The maximum Gasteiger partial charge on any atom is 0.416 e. The number of alkyl halides is 6. The minimum atomic E-state index is -5.06. The molecule has 1 aliphatic carbocycles. The number of carboxylic acids is 1. The number of amides is 1. The van der Waals surface area contributed by atoms with E-state index in [0.717, 1.165) is 22.3 Å². The van der Waals surface area contributed by atoms with Gasteiger partial charge in [-0.1, -0.05) is 48.5 Å². The second-order valence-electron chi connectivity index (χ2n) is 8.86. The van der Waals surface area contributed by atoms with Gasteiger partial charge in [-0.2, -0.15) is 26.3 Å². The molecule has 200 valence electrons. The third-order valence-electron chi connectivity index (χ3n) is 6.32. The molecule has 0 spiro atoms. The SMILES string of the molecule is O=C(NC[C@H](Cc1cc(C(F)(F)F)cc(C(F)(F)F)c1)C(=O)O)OCC1c2ccccc2-c2ccccc21. The smallest absolute Gasteiger partial charge is 0.416 e. The van der Waals surface area contributed by atoms with Gasteiger partial charge < -0.3 is 15.2 Å². The average molecular weight is 537 g/mol. The van der Waals surface area contributed by atoms with Crippen LogP contribution in [0.4, 0.5) is 31.1 Å². The van der Waals surface area contributed by atoms with Gasteiger partial charge in [0.2, 0.25) is 0 Å². The molecule has 0 radical (unpaired) electrons. The van der Waals surface area contributed by atoms with Gasteiger partial charge in [0.15, 0.2) is 0 Å². The Morgan fingerprint density at radius 2 is 1.34 bits per heavy atom. The maximum absolute atomic E-state index is 13.1. The summed E-state index contributed by atoms with van der Waals surface area (Å²) in [4.78, 5) is 24.0. The van der Waals surface area contributed by atoms with E-state index in [0.29, 0.717) is 12.1 Å². The number of aliphatic carboxylic acids is 1. The number of ether oxygens (including phenoxy) is 1. The van der Waals surface area contributed by atoms with Crippen LogP contribution in [0.2, 0.25) is 0 Å². The van der Waals surface area contributed by atoms with Crippen LogP contribution < -0.4 is 5.32 Å². The highest BCUT2D eigenvalue weighted by Gasteiger charge is 2.37. The molecule has 38 heavy (non-hydrogen) atoms. The summed E-state index contributed by atoms with van der Waals surface area (Å²) < 4.78 is 84.1. The average Bonchev–Trinajstić information content (AvgIpc) is 3.17. The van der Waals surface area contributed by atoms with Gasteiger partial charge in [-0.05, 0) is 52.4 Å². The van der Waals surface area contributed by atoms with Crippen LogP contribution in [0.1, 0.15) is 33.7 Å². The number of halogens is 6. The summed E-state index contributed by atoms with van der Waals surface area (Å²) in [6.45, 7) is -0.621. The zero-order chi connectivity index (χ0) is 27.7. The van der Waals surface area contributed by atoms with E-state index in [2.05, 4.69) is 5.32 Å². The quantitative estimate of drug-likeness (QED) is 0.337. The van der Waals surface area contributed by atoms with Crippen LogP contribution in [-0.2, 0) is 28.3 Å². The number of rotatable bonds is 7. The fraction of sp³-hybridized carbons (Fsp3) is 0.259. The lowest BCUT2D eigenvalue weighted by Gasteiger charge is -2.18. The highest BCUT2D eigenvalue weighted by molar-refractivity contribution is 5.79. The predicted octanol–water partition coefficient (Wildman–Crippen LogP) is 6.51. The minimum absolute atomic E-state index is 0.0335. The molecule has 0 heterocycles. The Labute approximate surface area is 213 Å². The summed E-state index contributed by atoms with van der Waals surface area (Å²) in [5, 5.41) is 11.7. The second-order valence-corrected chi connectivity index (χ2v) is 8.86. The lowest BCUT2D eigenvalue weighted by molar-refractivity contribution is -0.143. The van der Waals surface area contributed by atoms with Gasteiger partial charge in [-0.25, -0.2) is 4.79 Å². The molecule has 3 aromatic rings. The Kier molecular flexibility index (Phi) is 7.39. The van der Waals surface area contributed by atoms with Crippen LogP contribution in [0, 0.1) is 5.92 Å². The van der Waals surface area contributed by atoms with E-state index < -0.39 is 60.0 Å². The van der Waals surface area contributed by atoms with E-state index in [-0.39, 0.29) is 18.6 Å². The molecule has 0 aromatic heterocycles. The molecule has 0 aliphatic heterocycles. The van der Waals surface area contributed by atoms with Crippen LogP contribution in [0.3, 0.4) is 0 Å². The zero-order valence-corrected chi connectivity index (χ0v) is 19.6. The van der Waals surface area contributed by atoms with Crippen LogP contribution in [0.25, 0.3) is 11.1 Å². The van der Waals surface area contributed by atoms with E-state index in [9.17, 15) is 41.0 Å². The number of hydrogen-bond acceptors (Lipinski definition) is 3. The molecule has 1 aliphatic rings. The first-order valence-electron chi connectivity index (χ1n) is 11.4. The Balaban J connectivity index is 1.42. The molecule has 0 saturated heterocycles. The summed E-state index contributed by atoms with van der Waals surface area (Å²) in [7, 11) is 0. The lowest BCUT2D eigenvalue weighted by Crippen LogP contribution is -2.35. The molecule has 1 amide bonds. The molecule has 0 bridgehead atoms. The van der Waals surface area contributed by atoms with Crippen LogP contribution in [0.15, 0.2) is 66.7 Å². The number of nitrogens with one attached hydrogen (secondary N) is 1. The Bertz CT molecular complexity index is 1270. The van der Waals surface area contributed by atoms with E-state index in [4.69, 9.17) is 4.74 Å². The number of fused-ring (bicyclic) bond motifs is 3. The largest absolute Gasteiger partial charge is 0.481 e. The molecule has 11 heteroatoms. The summed E-state index contributed by atoms with van der Waals surface area (Å²) in [6, 6.07) is 16.1. The van der Waals surface area contributed by atoms with Crippen LogP contribution in [-0.4, -0.2) is 30.3 Å². The Morgan fingerprint density at radius 3 is 1.82 bits per heavy atom. The lowest BCUT2D eigenvalue weighted by atomic mass is 9.95. The molecule has 2 N–H and O–H groups in total. The van der Waals surface area contributed by atoms with Gasteiger partial charge >= 0.3 is 24.4 Å². The fourth-order valence-corrected chi connectivity index (χ4v) is 4.52. The van der Waals surface area contributed by atoms with Gasteiger partial charge in [0.1, 0.15) is 6.61 Å². The molecule has 0 unspecified atom stereocenters. The molecule has 3 aromatic carbocycles. The number of hydrogen-bond donors (Lipinski definition) is 2. The van der Waals surface area contributed by atoms with Crippen molar-refractivity contribution in [1.29, 1.82) is 0 Å². The molecule has 0 saturated carbocycles. The van der Waals surface area contributed by atoms with Gasteiger partial charge in [0.25, 0.3) is 0 Å². The standard InChI is InChI=1S/C27H21F6NO4/c28-26(29,30)17-10-15(11-18(12-17)27(31,32)33)9-16(24(35)36)13-34-25(37)38-14-23-21-7-3-1-5-19(21)20-6-2-4-8-22(20)23/h1-8,10-12,16,23H,9,13-14H2,(H,34,37)(H,35,36)/t16-/m0/s1. The van der Waals surface area contributed by atoms with Crippen LogP contribution in [0.5, 0.6) is 0 Å². The predicted molar refractivity (Wildman–Crippen MR) is 124 cm³/mol. The molecule has 5 nitrogen and oxygen atoms in total. The fourth-order valence-electron chi connectivity index (χ4n) is 4.52. The van der Waals surface area contributed by atoms with Crippen molar-refractivity contribution < 1.29 is 45.8 Å². The highest BCUT2D eigenvalue weighted by Crippen LogP contribution is 2.44. The van der Waals surface area contributed by atoms with Gasteiger partial charge in [0, 0.05) is 12.5 Å². The molecular formula is C27H21F6NO4. The first kappa shape index (κ1) is 27.0. The zero-order valence-electron chi connectivity index (χ0n) is 19.6. The Hall–Kier alpha value is -4.02. The molecule has 0 fully saturated rings. The van der Waals surface area contributed by atoms with E-state index in [1.165, 1.54) is 0 Å². The molecule has 4 rings (SSSR count). The van der Waals surface area contributed by atoms with E-state index >= 15 is 0 Å². The van der Waals surface area contributed by atoms with Crippen LogP contribution >= 0.6 is 0 Å². The topological polar surface area (TPSA) is 75.6 Å². The van der Waals surface area contributed by atoms with Gasteiger partial charge in [-0.15, -0.1) is 0 Å². The summed E-state index contributed by atoms with van der Waals surface area (Å²) in [5.41, 5.74) is 0.343. The van der Waals surface area contributed by atoms with Gasteiger partial charge in [0.05, 0.1) is 17.0 Å². The van der Waals surface area contributed by atoms with Crippen molar-refractivity contribution in [3.63, 3.8) is 0 Å². The van der Waals surface area contributed by atoms with Crippen molar-refractivity contribution in [2.45, 2.75) is 24.7 Å². The van der Waals surface area contributed by atoms with Crippen molar-refractivity contribution in [3.8, 4) is 11.1 Å². The summed E-state index contributed by atoms with van der Waals surface area (Å²) >= 11 is 0. The van der Waals surface area contributed by atoms with Crippen molar-refractivity contribution in [1.82, 2.24) is 5.32 Å². The third kappa shape index (κ3) is 5.92. The molecule has 1 atom stereocenters. The molecular weight excluding hydrogens is 516 g/mol. The van der Waals surface area contributed by atoms with Crippen molar-refractivity contribution in [2.75, 3.05) is 13.2 Å². The summed E-state index contributed by atoms with van der Waals surface area (Å²) in [5.74, 6) is -3.26. The van der Waals surface area contributed by atoms with Crippen molar-refractivity contribution >= 4 is 12.1 Å². The normalized spacial score (nSPS) is 13.9. The number of benzene rings is 3. The number of carboxylic acid groups (broad SMARTS) is 1. The number of carbonyl (C=O) groups excluding carboxylic acids is 1. The first-order valence-corrected chi connectivity index (χ1v) is 11.4. The third-order valence-corrected chi connectivity index (χ3v) is 6.32. The highest BCUT2D eigenvalue weighted by atomic mass is 19.4. The summed E-state index contributed by atoms with van der Waals surface area (Å²) in [6.07, 6.45) is -11.8. The number of alkyl carbamates (subject to hydrolysis) is 1. The monoisotopic (exact) mass is 537 g/mol.